The van der Waals surface area contributed by atoms with Crippen molar-refractivity contribution in [3.8, 4) is 0 Å². The molecular formula is C17H20N6. The number of aryl methyl sites for hydroxylation is 1. The molecule has 0 amide bonds. The Morgan fingerprint density at radius 1 is 1.26 bits per heavy atom. The molecule has 3 heterocycles. The van der Waals surface area contributed by atoms with Gasteiger partial charge < -0.3 is 10.2 Å². The molecule has 3 aromatic rings. The Labute approximate surface area is 135 Å². The highest BCUT2D eigenvalue weighted by Gasteiger charge is 2.22. The van der Waals surface area contributed by atoms with Crippen molar-refractivity contribution >= 4 is 17.3 Å². The molecule has 1 saturated heterocycles. The SMILES string of the molecule is Cc1cc(NC[C@H]2CCN(c3ccccc3)C2)n2ncnc2n1. The highest BCUT2D eigenvalue weighted by molar-refractivity contribution is 5.48. The van der Waals surface area contributed by atoms with E-state index < -0.39 is 0 Å². The largest absolute Gasteiger partial charge is 0.371 e. The number of rotatable bonds is 4. The minimum Gasteiger partial charge on any atom is -0.371 e. The quantitative estimate of drug-likeness (QED) is 0.802. The van der Waals surface area contributed by atoms with Crippen LogP contribution in [0.15, 0.2) is 42.7 Å². The van der Waals surface area contributed by atoms with Crippen molar-refractivity contribution < 1.29 is 0 Å². The van der Waals surface area contributed by atoms with Gasteiger partial charge in [-0.2, -0.15) is 14.6 Å². The predicted octanol–water partition coefficient (Wildman–Crippen LogP) is 2.37. The fraction of sp³-hybridized carbons (Fsp3) is 0.353. The van der Waals surface area contributed by atoms with Crippen LogP contribution in [0, 0.1) is 12.8 Å². The van der Waals surface area contributed by atoms with Crippen molar-refractivity contribution in [3.05, 3.63) is 48.4 Å². The number of benzene rings is 1. The highest BCUT2D eigenvalue weighted by atomic mass is 15.4. The van der Waals surface area contributed by atoms with Gasteiger partial charge in [-0.25, -0.2) is 4.98 Å². The molecule has 0 saturated carbocycles. The van der Waals surface area contributed by atoms with Gasteiger partial charge in [0.05, 0.1) is 0 Å². The molecule has 0 radical (unpaired) electrons. The van der Waals surface area contributed by atoms with Crippen molar-refractivity contribution in [2.75, 3.05) is 29.9 Å². The standard InChI is InChI=1S/C17H20N6/c1-13-9-16(23-17(21-13)19-12-20-23)18-10-14-7-8-22(11-14)15-5-3-2-4-6-15/h2-6,9,12,14,18H,7-8,10-11H2,1H3/t14-/m1/s1. The Kier molecular flexibility index (Phi) is 3.57. The van der Waals surface area contributed by atoms with E-state index in [1.54, 1.807) is 10.8 Å². The van der Waals surface area contributed by atoms with Gasteiger partial charge in [0.2, 0.25) is 0 Å². The molecule has 118 valence electrons. The van der Waals surface area contributed by atoms with E-state index in [1.807, 2.05) is 13.0 Å². The third-order valence-electron chi connectivity index (χ3n) is 4.36. The normalized spacial score (nSPS) is 17.8. The number of nitrogens with zero attached hydrogens (tertiary/aromatic N) is 5. The van der Waals surface area contributed by atoms with Gasteiger partial charge >= 0.3 is 0 Å². The Balaban J connectivity index is 1.42. The number of hydrogen-bond donors (Lipinski definition) is 1. The maximum atomic E-state index is 4.37. The third-order valence-corrected chi connectivity index (χ3v) is 4.36. The molecule has 0 aliphatic carbocycles. The lowest BCUT2D eigenvalue weighted by molar-refractivity contribution is 0.619. The van der Waals surface area contributed by atoms with Crippen LogP contribution in [0.4, 0.5) is 11.5 Å². The number of para-hydroxylation sites is 1. The Bertz CT molecular complexity index is 797. The number of fused-ring (bicyclic) bond motifs is 1. The van der Waals surface area contributed by atoms with Crippen LogP contribution < -0.4 is 10.2 Å². The molecule has 23 heavy (non-hydrogen) atoms. The van der Waals surface area contributed by atoms with Gasteiger partial charge in [-0.05, 0) is 31.4 Å². The third kappa shape index (κ3) is 2.84. The summed E-state index contributed by atoms with van der Waals surface area (Å²) in [6, 6.07) is 12.6. The summed E-state index contributed by atoms with van der Waals surface area (Å²) in [7, 11) is 0. The van der Waals surface area contributed by atoms with Crippen LogP contribution in [0.5, 0.6) is 0 Å². The van der Waals surface area contributed by atoms with Gasteiger partial charge in [0, 0.05) is 37.1 Å². The van der Waals surface area contributed by atoms with E-state index in [4.69, 9.17) is 0 Å². The van der Waals surface area contributed by atoms with Crippen molar-refractivity contribution in [2.24, 2.45) is 5.92 Å². The lowest BCUT2D eigenvalue weighted by atomic mass is 10.1. The van der Waals surface area contributed by atoms with Crippen LogP contribution in [-0.4, -0.2) is 39.2 Å². The molecule has 1 aliphatic rings. The number of hydrogen-bond acceptors (Lipinski definition) is 5. The zero-order valence-electron chi connectivity index (χ0n) is 13.2. The minimum atomic E-state index is 0.627. The molecule has 4 rings (SSSR count). The maximum absolute atomic E-state index is 4.37. The lowest BCUT2D eigenvalue weighted by Crippen LogP contribution is -2.23. The second-order valence-corrected chi connectivity index (χ2v) is 6.07. The lowest BCUT2D eigenvalue weighted by Gasteiger charge is -2.19. The fourth-order valence-electron chi connectivity index (χ4n) is 3.18. The maximum Gasteiger partial charge on any atom is 0.254 e. The van der Waals surface area contributed by atoms with Gasteiger partial charge in [0.15, 0.2) is 0 Å². The topological polar surface area (TPSA) is 58.4 Å². The van der Waals surface area contributed by atoms with Crippen LogP contribution in [-0.2, 0) is 0 Å². The molecule has 1 atom stereocenters. The van der Waals surface area contributed by atoms with E-state index in [2.05, 4.69) is 55.6 Å². The molecular weight excluding hydrogens is 288 g/mol. The zero-order valence-corrected chi connectivity index (χ0v) is 13.2. The molecule has 0 unspecified atom stereocenters. The molecule has 0 bridgehead atoms. The summed E-state index contributed by atoms with van der Waals surface area (Å²) < 4.78 is 1.76. The van der Waals surface area contributed by atoms with Crippen molar-refractivity contribution in [2.45, 2.75) is 13.3 Å². The Hall–Kier alpha value is -2.63. The van der Waals surface area contributed by atoms with Crippen molar-refractivity contribution in [3.63, 3.8) is 0 Å². The van der Waals surface area contributed by atoms with Crippen molar-refractivity contribution in [1.82, 2.24) is 19.6 Å². The monoisotopic (exact) mass is 308 g/mol. The molecule has 1 N–H and O–H groups in total. The summed E-state index contributed by atoms with van der Waals surface area (Å²) >= 11 is 0. The summed E-state index contributed by atoms with van der Waals surface area (Å²) in [4.78, 5) is 11.0. The zero-order chi connectivity index (χ0) is 15.6. The number of aromatic nitrogens is 4. The van der Waals surface area contributed by atoms with Crippen LogP contribution in [0.1, 0.15) is 12.1 Å². The van der Waals surface area contributed by atoms with E-state index in [0.29, 0.717) is 11.7 Å². The number of nitrogens with one attached hydrogen (secondary N) is 1. The summed E-state index contributed by atoms with van der Waals surface area (Å²) in [5.74, 6) is 2.23. The van der Waals surface area contributed by atoms with Gasteiger partial charge in [-0.15, -0.1) is 0 Å². The molecule has 2 aromatic heterocycles. The smallest absolute Gasteiger partial charge is 0.254 e. The average Bonchev–Trinajstić information content (AvgIpc) is 3.22. The van der Waals surface area contributed by atoms with Crippen LogP contribution in [0.3, 0.4) is 0 Å². The first-order valence-electron chi connectivity index (χ1n) is 8.01. The molecule has 1 aliphatic heterocycles. The van der Waals surface area contributed by atoms with E-state index in [-0.39, 0.29) is 0 Å². The predicted molar refractivity (Wildman–Crippen MR) is 90.8 cm³/mol. The molecule has 1 fully saturated rings. The van der Waals surface area contributed by atoms with E-state index >= 15 is 0 Å². The molecule has 1 aromatic carbocycles. The van der Waals surface area contributed by atoms with Crippen molar-refractivity contribution in [1.29, 1.82) is 0 Å². The highest BCUT2D eigenvalue weighted by Crippen LogP contribution is 2.23. The summed E-state index contributed by atoms with van der Waals surface area (Å²) in [6.45, 7) is 5.11. The first-order chi connectivity index (χ1) is 11.3. The molecule has 0 spiro atoms. The summed E-state index contributed by atoms with van der Waals surface area (Å²) in [6.07, 6.45) is 2.74. The Morgan fingerprint density at radius 2 is 2.13 bits per heavy atom. The number of anilines is 2. The fourth-order valence-corrected chi connectivity index (χ4v) is 3.18. The summed E-state index contributed by atoms with van der Waals surface area (Å²) in [5.41, 5.74) is 2.26. The van der Waals surface area contributed by atoms with Gasteiger partial charge in [-0.1, -0.05) is 18.2 Å². The van der Waals surface area contributed by atoms with E-state index in [0.717, 1.165) is 31.1 Å². The van der Waals surface area contributed by atoms with Crippen LogP contribution in [0.25, 0.3) is 5.78 Å². The van der Waals surface area contributed by atoms with Gasteiger partial charge in [-0.3, -0.25) is 0 Å². The minimum absolute atomic E-state index is 0.627. The van der Waals surface area contributed by atoms with Gasteiger partial charge in [0.1, 0.15) is 12.1 Å². The summed E-state index contributed by atoms with van der Waals surface area (Å²) in [5, 5.41) is 7.76. The first kappa shape index (κ1) is 14.0. The molecule has 6 nitrogen and oxygen atoms in total. The Morgan fingerprint density at radius 3 is 3.00 bits per heavy atom. The first-order valence-corrected chi connectivity index (χ1v) is 8.01. The van der Waals surface area contributed by atoms with Gasteiger partial charge in [0.25, 0.3) is 5.78 Å². The van der Waals surface area contributed by atoms with Crippen LogP contribution in [0.2, 0.25) is 0 Å². The second-order valence-electron chi connectivity index (χ2n) is 6.07. The second kappa shape index (κ2) is 5.87. The average molecular weight is 308 g/mol. The van der Waals surface area contributed by atoms with Crippen LogP contribution >= 0.6 is 0 Å². The van der Waals surface area contributed by atoms with E-state index in [9.17, 15) is 0 Å². The molecule has 6 heteroatoms. The van der Waals surface area contributed by atoms with E-state index in [1.165, 1.54) is 12.1 Å².